The van der Waals surface area contributed by atoms with E-state index in [4.69, 9.17) is 34.4 Å². The summed E-state index contributed by atoms with van der Waals surface area (Å²) in [5.41, 5.74) is 9.71. The topological polar surface area (TPSA) is 57.0 Å². The Kier molecular flexibility index (Phi) is 5.60. The lowest BCUT2D eigenvalue weighted by Gasteiger charge is -2.40. The third kappa shape index (κ3) is 3.51. The van der Waals surface area contributed by atoms with Crippen LogP contribution in [0.25, 0.3) is 33.3 Å². The van der Waals surface area contributed by atoms with Gasteiger partial charge in [0.2, 0.25) is 11.6 Å². The number of isothiocyanates is 2. The van der Waals surface area contributed by atoms with Crippen molar-refractivity contribution in [1.82, 2.24) is 9.97 Å². The predicted octanol–water partition coefficient (Wildman–Crippen LogP) is 10.00. The van der Waals surface area contributed by atoms with E-state index >= 15 is 0 Å². The number of nitrogens with zero attached hydrogens (tertiary/aromatic N) is 6. The number of hydrogen-bond acceptors (Lipinski definition) is 8. The van der Waals surface area contributed by atoms with Crippen LogP contribution in [0.2, 0.25) is 0 Å². The lowest BCUT2D eigenvalue weighted by molar-refractivity contribution is 1.16. The van der Waals surface area contributed by atoms with Crippen molar-refractivity contribution in [3.05, 3.63) is 109 Å². The van der Waals surface area contributed by atoms with Gasteiger partial charge in [-0.15, -0.1) is 0 Å². The first-order valence-corrected chi connectivity index (χ1v) is 14.1. The van der Waals surface area contributed by atoms with E-state index in [1.165, 1.54) is 0 Å². The SMILES string of the molecule is S=C=Nc1nc2c(nc1N=C=S)-c1c(N3c4ccccc4N(c4ccccc4)c4ccccc43)ccc3cccc-2c13. The van der Waals surface area contributed by atoms with Crippen molar-refractivity contribution in [2.75, 3.05) is 9.80 Å². The summed E-state index contributed by atoms with van der Waals surface area (Å²) in [6.07, 6.45) is 0. The van der Waals surface area contributed by atoms with Crippen molar-refractivity contribution in [2.45, 2.75) is 0 Å². The van der Waals surface area contributed by atoms with E-state index in [0.717, 1.165) is 61.7 Å². The van der Waals surface area contributed by atoms with Crippen LogP contribution in [0.15, 0.2) is 119 Å². The first-order valence-electron chi connectivity index (χ1n) is 13.3. The fourth-order valence-corrected chi connectivity index (χ4v) is 6.24. The molecular formula is C34H18N6S2. The van der Waals surface area contributed by atoms with Gasteiger partial charge in [0, 0.05) is 22.2 Å². The molecule has 5 aromatic carbocycles. The van der Waals surface area contributed by atoms with Gasteiger partial charge in [0.15, 0.2) is 0 Å². The molecule has 0 N–H and O–H groups in total. The average Bonchev–Trinajstić information content (AvgIpc) is 3.36. The second kappa shape index (κ2) is 9.63. The molecule has 0 saturated carbocycles. The lowest BCUT2D eigenvalue weighted by Crippen LogP contribution is -2.24. The molecule has 0 spiro atoms. The Balaban J connectivity index is 1.45. The smallest absolute Gasteiger partial charge is 0.209 e. The van der Waals surface area contributed by atoms with Gasteiger partial charge in [-0.1, -0.05) is 66.7 Å². The van der Waals surface area contributed by atoms with Crippen molar-refractivity contribution in [3.8, 4) is 22.5 Å². The molecule has 2 heterocycles. The molecule has 2 aliphatic rings. The molecule has 0 fully saturated rings. The molecule has 1 aliphatic carbocycles. The number of thiocarbonyl (C=S) groups is 2. The molecule has 0 radical (unpaired) electrons. The molecule has 8 rings (SSSR count). The molecule has 6 aromatic rings. The highest BCUT2D eigenvalue weighted by molar-refractivity contribution is 7.78. The van der Waals surface area contributed by atoms with Gasteiger partial charge in [0.25, 0.3) is 0 Å². The van der Waals surface area contributed by atoms with Gasteiger partial charge >= 0.3 is 0 Å². The molecule has 8 heteroatoms. The van der Waals surface area contributed by atoms with Gasteiger partial charge in [0.1, 0.15) is 5.69 Å². The van der Waals surface area contributed by atoms with Crippen LogP contribution in [0.3, 0.4) is 0 Å². The van der Waals surface area contributed by atoms with E-state index in [9.17, 15) is 0 Å². The fraction of sp³-hybridized carbons (Fsp3) is 0. The molecule has 0 bridgehead atoms. The molecular weight excluding hydrogens is 557 g/mol. The highest BCUT2D eigenvalue weighted by Crippen LogP contribution is 2.58. The van der Waals surface area contributed by atoms with Gasteiger partial charge in [-0.2, -0.15) is 9.98 Å². The Labute approximate surface area is 252 Å². The molecule has 0 atom stereocenters. The number of aromatic nitrogens is 2. The van der Waals surface area contributed by atoms with Crippen molar-refractivity contribution < 1.29 is 0 Å². The maximum absolute atomic E-state index is 4.96. The van der Waals surface area contributed by atoms with Gasteiger partial charge in [-0.25, -0.2) is 9.97 Å². The minimum atomic E-state index is 0.256. The third-order valence-corrected chi connectivity index (χ3v) is 7.84. The monoisotopic (exact) mass is 574 g/mol. The number of hydrogen-bond donors (Lipinski definition) is 0. The molecule has 42 heavy (non-hydrogen) atoms. The number of benzene rings is 5. The standard InChI is InChI=1S/C34H18N6S2/c41-19-35-33-34(36-20-42)38-32-30-28(18-17-21-9-8-12-23(29(21)30)31(32)37-33)40-26-15-6-4-13-24(26)39(22-10-2-1-3-11-22)25-14-5-7-16-27(25)40/h1-18H. The summed E-state index contributed by atoms with van der Waals surface area (Å²) in [7, 11) is 0. The number of anilines is 6. The fourth-order valence-electron chi connectivity index (χ4n) is 6.07. The second-order valence-corrected chi connectivity index (χ2v) is 10.2. The van der Waals surface area contributed by atoms with E-state index in [1.807, 2.05) is 12.1 Å². The molecule has 6 nitrogen and oxygen atoms in total. The summed E-state index contributed by atoms with van der Waals surface area (Å²) in [5, 5.41) is 6.97. The van der Waals surface area contributed by atoms with Crippen molar-refractivity contribution in [2.24, 2.45) is 9.98 Å². The van der Waals surface area contributed by atoms with E-state index in [0.29, 0.717) is 5.69 Å². The minimum Gasteiger partial charge on any atom is -0.306 e. The third-order valence-electron chi connectivity index (χ3n) is 7.66. The Hall–Kier alpha value is -5.36. The summed E-state index contributed by atoms with van der Waals surface area (Å²) >= 11 is 9.80. The van der Waals surface area contributed by atoms with Crippen molar-refractivity contribution >= 4 is 91.3 Å². The summed E-state index contributed by atoms with van der Waals surface area (Å²) in [6, 6.07) is 37.9. The van der Waals surface area contributed by atoms with Crippen LogP contribution >= 0.6 is 24.4 Å². The largest absolute Gasteiger partial charge is 0.306 e. The molecule has 1 aliphatic heterocycles. The van der Waals surface area contributed by atoms with Crippen LogP contribution in [0.1, 0.15) is 0 Å². The number of para-hydroxylation sites is 5. The highest BCUT2D eigenvalue weighted by atomic mass is 32.1. The Morgan fingerprint density at radius 2 is 1.10 bits per heavy atom. The normalized spacial score (nSPS) is 12.2. The van der Waals surface area contributed by atoms with Crippen LogP contribution in [-0.2, 0) is 0 Å². The number of fused-ring (bicyclic) bond motifs is 5. The zero-order valence-corrected chi connectivity index (χ0v) is 23.5. The maximum atomic E-state index is 4.96. The molecule has 0 unspecified atom stereocenters. The zero-order valence-electron chi connectivity index (χ0n) is 21.9. The Morgan fingerprint density at radius 3 is 1.71 bits per heavy atom. The predicted molar refractivity (Wildman–Crippen MR) is 176 cm³/mol. The Morgan fingerprint density at radius 1 is 0.524 bits per heavy atom. The van der Waals surface area contributed by atoms with Crippen LogP contribution in [0.4, 0.5) is 45.8 Å². The molecule has 0 saturated heterocycles. The quantitative estimate of drug-likeness (QED) is 0.154. The van der Waals surface area contributed by atoms with Crippen LogP contribution in [-0.4, -0.2) is 20.3 Å². The summed E-state index contributed by atoms with van der Waals surface area (Å²) in [4.78, 5) is 22.8. The van der Waals surface area contributed by atoms with Gasteiger partial charge in [0.05, 0.1) is 44.5 Å². The van der Waals surface area contributed by atoms with Crippen molar-refractivity contribution in [1.29, 1.82) is 0 Å². The first-order chi connectivity index (χ1) is 20.8. The summed E-state index contributed by atoms with van der Waals surface area (Å²) < 4.78 is 0. The molecule has 1 aromatic heterocycles. The molecule has 0 amide bonds. The summed E-state index contributed by atoms with van der Waals surface area (Å²) in [5.74, 6) is 0.520. The highest BCUT2D eigenvalue weighted by Gasteiger charge is 2.35. The minimum absolute atomic E-state index is 0.256. The van der Waals surface area contributed by atoms with E-state index in [2.05, 4.69) is 127 Å². The first kappa shape index (κ1) is 24.4. The Bertz CT molecular complexity index is 2140. The van der Waals surface area contributed by atoms with Gasteiger partial charge in [-0.3, -0.25) is 0 Å². The average molecular weight is 575 g/mol. The molecule has 196 valence electrons. The van der Waals surface area contributed by atoms with Gasteiger partial charge in [-0.05, 0) is 72.3 Å². The summed E-state index contributed by atoms with van der Waals surface area (Å²) in [6.45, 7) is 0. The van der Waals surface area contributed by atoms with E-state index in [-0.39, 0.29) is 11.6 Å². The maximum Gasteiger partial charge on any atom is 0.209 e. The van der Waals surface area contributed by atoms with Crippen molar-refractivity contribution in [3.63, 3.8) is 0 Å². The second-order valence-electron chi connectivity index (χ2n) is 9.82. The van der Waals surface area contributed by atoms with Crippen LogP contribution < -0.4 is 9.80 Å². The van der Waals surface area contributed by atoms with E-state index in [1.54, 1.807) is 0 Å². The van der Waals surface area contributed by atoms with E-state index < -0.39 is 0 Å². The number of rotatable bonds is 4. The lowest BCUT2D eigenvalue weighted by atomic mass is 9.99. The van der Waals surface area contributed by atoms with Crippen LogP contribution in [0.5, 0.6) is 0 Å². The van der Waals surface area contributed by atoms with Crippen LogP contribution in [0, 0.1) is 0 Å². The zero-order chi connectivity index (χ0) is 28.2. The van der Waals surface area contributed by atoms with Gasteiger partial charge < -0.3 is 9.80 Å². The number of aliphatic imine (C=N–C) groups is 2.